The van der Waals surface area contributed by atoms with Crippen molar-refractivity contribution in [2.24, 2.45) is 15.8 Å². The number of carbonyl (C=O) groups is 1. The number of benzene rings is 2. The second-order valence-electron chi connectivity index (χ2n) is 7.69. The lowest BCUT2D eigenvalue weighted by Crippen LogP contribution is -2.52. The number of nitrogens with zero attached hydrogens (tertiary/aromatic N) is 5. The van der Waals surface area contributed by atoms with Crippen LogP contribution in [0.4, 0.5) is 14.5 Å². The first kappa shape index (κ1) is 27.1. The number of alkyl halides is 2. The maximum atomic E-state index is 12.6. The highest BCUT2D eigenvalue weighted by Gasteiger charge is 2.37. The summed E-state index contributed by atoms with van der Waals surface area (Å²) in [6, 6.07) is 9.78. The highest BCUT2D eigenvalue weighted by atomic mass is 35.5. The molecule has 13 heteroatoms. The van der Waals surface area contributed by atoms with Crippen LogP contribution in [-0.2, 0) is 4.79 Å². The van der Waals surface area contributed by atoms with Crippen LogP contribution >= 0.6 is 23.2 Å². The van der Waals surface area contributed by atoms with Crippen molar-refractivity contribution in [2.45, 2.75) is 32.5 Å². The minimum absolute atomic E-state index is 0.0366. The maximum Gasteiger partial charge on any atom is 0.387 e. The molecule has 3 N–H and O–H groups in total. The van der Waals surface area contributed by atoms with E-state index >= 15 is 0 Å². The lowest BCUT2D eigenvalue weighted by atomic mass is 10.0. The lowest BCUT2D eigenvalue weighted by Gasteiger charge is -2.32. The molecule has 1 amide bonds. The summed E-state index contributed by atoms with van der Waals surface area (Å²) in [7, 11) is 0. The van der Waals surface area contributed by atoms with Crippen LogP contribution in [-0.4, -0.2) is 59.3 Å². The number of nitrogens with two attached hydrogens (primary N) is 1. The summed E-state index contributed by atoms with van der Waals surface area (Å²) in [4.78, 5) is 17.7. The fourth-order valence-corrected chi connectivity index (χ4v) is 4.09. The van der Waals surface area contributed by atoms with E-state index in [1.807, 2.05) is 11.8 Å². The van der Waals surface area contributed by atoms with Crippen LogP contribution in [0.5, 0.6) is 5.75 Å². The number of anilines is 1. The first-order valence-electron chi connectivity index (χ1n) is 10.8. The zero-order valence-corrected chi connectivity index (χ0v) is 20.8. The molecule has 3 rings (SSSR count). The summed E-state index contributed by atoms with van der Waals surface area (Å²) < 4.78 is 29.7. The number of likely N-dealkylation sites (N-methyl/N-ethyl adjacent to an activating group) is 1. The van der Waals surface area contributed by atoms with Gasteiger partial charge in [0.25, 0.3) is 0 Å². The molecule has 9 nitrogen and oxygen atoms in total. The Morgan fingerprint density at radius 3 is 2.72 bits per heavy atom. The van der Waals surface area contributed by atoms with Gasteiger partial charge in [-0.3, -0.25) is 9.69 Å². The molecule has 0 bridgehead atoms. The molecule has 1 heterocycles. The summed E-state index contributed by atoms with van der Waals surface area (Å²) in [6.07, 6.45) is 1.72. The van der Waals surface area contributed by atoms with Crippen molar-refractivity contribution in [3.8, 4) is 11.9 Å². The molecule has 190 valence electrons. The van der Waals surface area contributed by atoms with E-state index in [4.69, 9.17) is 28.9 Å². The zero-order chi connectivity index (χ0) is 26.4. The number of nitrogens with one attached hydrogen (secondary N) is 1. The van der Waals surface area contributed by atoms with Gasteiger partial charge in [-0.1, -0.05) is 42.3 Å². The molecule has 1 aliphatic rings. The number of guanidine groups is 1. The highest BCUT2D eigenvalue weighted by Crippen LogP contribution is 2.28. The van der Waals surface area contributed by atoms with Gasteiger partial charge >= 0.3 is 6.61 Å². The molecule has 1 aliphatic heterocycles. The summed E-state index contributed by atoms with van der Waals surface area (Å²) in [6.45, 7) is 1.25. The summed E-state index contributed by atoms with van der Waals surface area (Å²) in [5, 5.41) is 19.0. The molecule has 0 radical (unpaired) electrons. The van der Waals surface area contributed by atoms with Gasteiger partial charge < -0.3 is 15.8 Å². The maximum absolute atomic E-state index is 12.6. The number of primary amides is 1. The number of carbonyl (C=O) groups excluding carboxylic acids is 1. The third-order valence-electron chi connectivity index (χ3n) is 5.50. The molecule has 0 fully saturated rings. The topological polar surface area (TPSA) is 119 Å². The first-order chi connectivity index (χ1) is 17.1. The van der Waals surface area contributed by atoms with Gasteiger partial charge in [0.2, 0.25) is 18.1 Å². The summed E-state index contributed by atoms with van der Waals surface area (Å²) >= 11 is 12.3. The first-order valence-corrected chi connectivity index (χ1v) is 11.5. The number of ether oxygens (including phenoxy) is 1. The van der Waals surface area contributed by atoms with E-state index in [2.05, 4.69) is 20.1 Å². The summed E-state index contributed by atoms with van der Waals surface area (Å²) in [5.41, 5.74) is 7.12. The second-order valence-corrected chi connectivity index (χ2v) is 8.50. The number of hydrazone groups is 1. The number of hydrogen-bond acceptors (Lipinski definition) is 6. The molecule has 36 heavy (non-hydrogen) atoms. The Hall–Kier alpha value is -3.46. The van der Waals surface area contributed by atoms with Gasteiger partial charge in [-0.25, -0.2) is 5.01 Å². The Morgan fingerprint density at radius 2 is 2.11 bits per heavy atom. The molecular weight excluding hydrogens is 515 g/mol. The van der Waals surface area contributed by atoms with E-state index in [0.717, 1.165) is 0 Å². The van der Waals surface area contributed by atoms with E-state index < -0.39 is 24.6 Å². The van der Waals surface area contributed by atoms with Crippen molar-refractivity contribution in [2.75, 3.05) is 18.4 Å². The van der Waals surface area contributed by atoms with Gasteiger partial charge in [0.1, 0.15) is 5.75 Å². The van der Waals surface area contributed by atoms with E-state index in [-0.39, 0.29) is 18.3 Å². The molecule has 2 aromatic carbocycles. The predicted molar refractivity (Wildman–Crippen MR) is 134 cm³/mol. The number of rotatable bonds is 8. The second kappa shape index (κ2) is 12.0. The number of halogens is 4. The number of hydrogen-bond donors (Lipinski definition) is 2. The predicted octanol–water partition coefficient (Wildman–Crippen LogP) is 4.13. The van der Waals surface area contributed by atoms with Gasteiger partial charge in [-0.15, -0.1) is 4.99 Å². The van der Waals surface area contributed by atoms with Gasteiger partial charge in [-0.2, -0.15) is 19.1 Å². The Bertz CT molecular complexity index is 1220. The fraction of sp³-hybridized carbons (Fsp3) is 0.304. The van der Waals surface area contributed by atoms with Gasteiger partial charge in [0.15, 0.2) is 0 Å². The minimum Gasteiger partial charge on any atom is -0.435 e. The van der Waals surface area contributed by atoms with Crippen LogP contribution in [0.2, 0.25) is 10.0 Å². The van der Waals surface area contributed by atoms with Crippen molar-refractivity contribution in [3.05, 3.63) is 58.1 Å². The minimum atomic E-state index is -2.99. The van der Waals surface area contributed by atoms with E-state index in [1.54, 1.807) is 37.4 Å². The van der Waals surface area contributed by atoms with Crippen molar-refractivity contribution < 1.29 is 18.3 Å². The van der Waals surface area contributed by atoms with E-state index in [0.29, 0.717) is 33.6 Å². The average molecular weight is 538 g/mol. The van der Waals surface area contributed by atoms with E-state index in [9.17, 15) is 18.8 Å². The summed E-state index contributed by atoms with van der Waals surface area (Å²) in [5.74, 6) is -0.545. The molecule has 1 unspecified atom stereocenters. The Kier molecular flexibility index (Phi) is 9.03. The van der Waals surface area contributed by atoms with Crippen LogP contribution in [0.1, 0.15) is 19.4 Å². The Balaban J connectivity index is 2.00. The Morgan fingerprint density at radius 1 is 1.36 bits per heavy atom. The molecule has 0 spiro atoms. The van der Waals surface area contributed by atoms with Crippen LogP contribution in [0, 0.1) is 11.5 Å². The number of amides is 1. The average Bonchev–Trinajstić information content (AvgIpc) is 3.26. The van der Waals surface area contributed by atoms with Crippen molar-refractivity contribution >= 4 is 46.5 Å². The molecule has 0 aliphatic carbocycles. The lowest BCUT2D eigenvalue weighted by molar-refractivity contribution is -0.123. The smallest absolute Gasteiger partial charge is 0.387 e. The van der Waals surface area contributed by atoms with Gasteiger partial charge in [-0.05, 0) is 37.7 Å². The molecule has 2 aromatic rings. The molecule has 0 saturated heterocycles. The molecular formula is C23H23Cl2F2N7O2. The monoisotopic (exact) mass is 537 g/mol. The van der Waals surface area contributed by atoms with Gasteiger partial charge in [0, 0.05) is 17.3 Å². The fourth-order valence-electron chi connectivity index (χ4n) is 3.79. The van der Waals surface area contributed by atoms with Crippen LogP contribution < -0.4 is 15.8 Å². The quantitative estimate of drug-likeness (QED) is 0.297. The highest BCUT2D eigenvalue weighted by molar-refractivity contribution is 6.42. The molecule has 2 atom stereocenters. The number of nitriles is 1. The van der Waals surface area contributed by atoms with Crippen LogP contribution in [0.25, 0.3) is 0 Å². The SMILES string of the molecule is CCN(C1CN(C(=NC#N)Nc2cccc(OC(F)F)c2)N=C1c1ccc(Cl)c(Cl)c1)[C@H](C)C(N)=O. The van der Waals surface area contributed by atoms with Crippen molar-refractivity contribution in [1.82, 2.24) is 9.91 Å². The largest absolute Gasteiger partial charge is 0.435 e. The van der Waals surface area contributed by atoms with Crippen molar-refractivity contribution in [1.29, 1.82) is 5.26 Å². The standard InChI is InChI=1S/C23H23Cl2F2N7O2/c1-3-33(13(2)21(29)35)19-11-34(32-20(19)14-7-8-17(24)18(25)9-14)23(30-12-28)31-15-5-4-6-16(10-15)36-22(26)27/h4-10,13,19,22H,3,11H2,1-2H3,(H2,29,35)(H,30,31)/t13-,19?/m1/s1. The van der Waals surface area contributed by atoms with Crippen molar-refractivity contribution in [3.63, 3.8) is 0 Å². The van der Waals surface area contributed by atoms with E-state index in [1.165, 1.54) is 23.2 Å². The van der Waals surface area contributed by atoms with Crippen LogP contribution in [0.3, 0.4) is 0 Å². The number of aliphatic imine (C=N–C) groups is 1. The molecule has 0 saturated carbocycles. The third kappa shape index (κ3) is 6.40. The zero-order valence-electron chi connectivity index (χ0n) is 19.3. The Labute approximate surface area is 216 Å². The van der Waals surface area contributed by atoms with Crippen LogP contribution in [0.15, 0.2) is 52.6 Å². The van der Waals surface area contributed by atoms with Gasteiger partial charge in [0.05, 0.1) is 34.4 Å². The third-order valence-corrected chi connectivity index (χ3v) is 6.23. The normalized spacial score (nSPS) is 16.6. The molecule has 0 aromatic heterocycles.